The Bertz CT molecular complexity index is 1030. The zero-order valence-electron chi connectivity index (χ0n) is 15.0. The van der Waals surface area contributed by atoms with Crippen molar-refractivity contribution in [3.8, 4) is 11.1 Å². The van der Waals surface area contributed by atoms with Gasteiger partial charge in [0.05, 0.1) is 0 Å². The van der Waals surface area contributed by atoms with E-state index in [1.807, 2.05) is 12.1 Å². The van der Waals surface area contributed by atoms with Gasteiger partial charge in [0, 0.05) is 0 Å². The molecule has 0 radical (unpaired) electrons. The SMILES string of the molecule is Fc1ccccc1C1=[C]([Zr+2][CH]2c3ccccc3-c3ccccc32)CC=C1.[Cl-].[Cl-]. The van der Waals surface area contributed by atoms with Crippen molar-refractivity contribution < 1.29 is 52.4 Å². The average molecular weight is 487 g/mol. The minimum Gasteiger partial charge on any atom is -1.00 e. The second-order valence-electron chi connectivity index (χ2n) is 6.73. The fraction of sp³-hybridized carbons (Fsp3) is 0.0833. The summed E-state index contributed by atoms with van der Waals surface area (Å²) < 4.78 is 16.4. The molecule has 5 rings (SSSR count). The molecule has 0 saturated carbocycles. The minimum atomic E-state index is -0.956. The number of rotatable bonds is 3. The molecule has 0 fully saturated rings. The molecule has 0 heterocycles. The van der Waals surface area contributed by atoms with Crippen LogP contribution in [0.5, 0.6) is 0 Å². The smallest absolute Gasteiger partial charge is 1.00 e. The zero-order valence-corrected chi connectivity index (χ0v) is 19.0. The number of allylic oxidation sites excluding steroid dienone is 4. The van der Waals surface area contributed by atoms with Crippen LogP contribution in [0.1, 0.15) is 26.7 Å². The largest absolute Gasteiger partial charge is 1.00 e. The second-order valence-corrected chi connectivity index (χ2v) is 10.3. The monoisotopic (exact) mass is 484 g/mol. The number of benzene rings is 3. The Morgan fingerprint density at radius 1 is 0.714 bits per heavy atom. The van der Waals surface area contributed by atoms with Gasteiger partial charge in [0.15, 0.2) is 0 Å². The maximum absolute atomic E-state index is 14.4. The average Bonchev–Trinajstić information content (AvgIpc) is 3.26. The molecular weight excluding hydrogens is 469 g/mol. The van der Waals surface area contributed by atoms with Crippen molar-refractivity contribution >= 4 is 5.57 Å². The van der Waals surface area contributed by atoms with E-state index in [-0.39, 0.29) is 30.6 Å². The standard InChI is InChI=1S/C13H9.C11H8F.2ClH.Zr/c1-3-7-12-10(5-1)9-11-6-2-4-8-13(11)12;12-11-8-4-3-7-10(11)9-5-1-2-6-9;;;/h1-9H;1,3-5,7-8H,2H2;2*1H;/q;;;;+2/p-2. The molecule has 2 aliphatic carbocycles. The Morgan fingerprint density at radius 2 is 1.25 bits per heavy atom. The van der Waals surface area contributed by atoms with Gasteiger partial charge in [-0.05, 0) is 0 Å². The number of hydrogen-bond donors (Lipinski definition) is 0. The van der Waals surface area contributed by atoms with Crippen LogP contribution in [0.15, 0.2) is 88.2 Å². The van der Waals surface area contributed by atoms with Crippen LogP contribution in [0.25, 0.3) is 16.7 Å². The molecule has 0 unspecified atom stereocenters. The van der Waals surface area contributed by atoms with Crippen LogP contribution in [0.3, 0.4) is 0 Å². The first-order chi connectivity index (χ1) is 12.8. The van der Waals surface area contributed by atoms with Crippen molar-refractivity contribution in [2.24, 2.45) is 0 Å². The van der Waals surface area contributed by atoms with Crippen molar-refractivity contribution in [2.75, 3.05) is 0 Å². The second kappa shape index (κ2) is 8.91. The molecule has 0 aromatic heterocycles. The maximum atomic E-state index is 14.4. The maximum Gasteiger partial charge on any atom is -1.00 e. The molecule has 0 spiro atoms. The van der Waals surface area contributed by atoms with Gasteiger partial charge >= 0.3 is 165 Å². The van der Waals surface area contributed by atoms with E-state index in [1.165, 1.54) is 25.5 Å². The fourth-order valence-electron chi connectivity index (χ4n) is 4.06. The van der Waals surface area contributed by atoms with Crippen LogP contribution >= 0.6 is 0 Å². The van der Waals surface area contributed by atoms with Crippen molar-refractivity contribution in [3.63, 3.8) is 0 Å². The van der Waals surface area contributed by atoms with Crippen LogP contribution in [0.4, 0.5) is 4.39 Å². The van der Waals surface area contributed by atoms with Gasteiger partial charge in [-0.3, -0.25) is 0 Å². The Hall–Kier alpha value is -1.47. The molecule has 0 amide bonds. The van der Waals surface area contributed by atoms with Crippen molar-refractivity contribution in [1.29, 1.82) is 0 Å². The van der Waals surface area contributed by atoms with E-state index in [2.05, 4.69) is 60.7 Å². The summed E-state index contributed by atoms with van der Waals surface area (Å²) in [4.78, 5) is 0. The summed E-state index contributed by atoms with van der Waals surface area (Å²) in [6.07, 6.45) is 5.31. The Labute approximate surface area is 189 Å². The molecule has 3 aromatic rings. The molecule has 0 nitrogen and oxygen atoms in total. The van der Waals surface area contributed by atoms with Crippen molar-refractivity contribution in [2.45, 2.75) is 10.0 Å². The van der Waals surface area contributed by atoms with E-state index >= 15 is 0 Å². The third kappa shape index (κ3) is 3.59. The Kier molecular flexibility index (Phi) is 6.76. The van der Waals surface area contributed by atoms with Gasteiger partial charge in [0.25, 0.3) is 0 Å². The summed E-state index contributed by atoms with van der Waals surface area (Å²) in [5, 5.41) is 0. The van der Waals surface area contributed by atoms with Crippen LogP contribution in [-0.4, -0.2) is 0 Å². The number of halogens is 3. The molecule has 28 heavy (non-hydrogen) atoms. The van der Waals surface area contributed by atoms with Crippen LogP contribution in [0, 0.1) is 5.82 Å². The first kappa shape index (κ1) is 21.2. The number of fused-ring (bicyclic) bond motifs is 3. The third-order valence-electron chi connectivity index (χ3n) is 5.25. The van der Waals surface area contributed by atoms with Gasteiger partial charge in [-0.1, -0.05) is 0 Å². The van der Waals surface area contributed by atoms with Crippen LogP contribution in [-0.2, 0) is 23.2 Å². The van der Waals surface area contributed by atoms with Gasteiger partial charge in [-0.25, -0.2) is 0 Å². The molecule has 138 valence electrons. The van der Waals surface area contributed by atoms with Crippen LogP contribution in [0.2, 0.25) is 0 Å². The van der Waals surface area contributed by atoms with E-state index in [4.69, 9.17) is 0 Å². The first-order valence-electron chi connectivity index (χ1n) is 8.92. The normalized spacial score (nSPS) is 14.0. The molecule has 0 bridgehead atoms. The Balaban J connectivity index is 0.00000112. The molecule has 4 heteroatoms. The van der Waals surface area contributed by atoms with Gasteiger partial charge in [0.1, 0.15) is 0 Å². The third-order valence-corrected chi connectivity index (χ3v) is 9.51. The van der Waals surface area contributed by atoms with Gasteiger partial charge in [-0.2, -0.15) is 0 Å². The first-order valence-corrected chi connectivity index (χ1v) is 11.6. The summed E-state index contributed by atoms with van der Waals surface area (Å²) in [7, 11) is 0. The topological polar surface area (TPSA) is 0 Å². The summed E-state index contributed by atoms with van der Waals surface area (Å²) in [5.41, 5.74) is 7.59. The number of hydrogen-bond acceptors (Lipinski definition) is 0. The van der Waals surface area contributed by atoms with E-state index < -0.39 is 23.2 Å². The van der Waals surface area contributed by atoms with Crippen molar-refractivity contribution in [1.82, 2.24) is 0 Å². The predicted octanol–water partition coefficient (Wildman–Crippen LogP) is 0.357. The summed E-state index contributed by atoms with van der Waals surface area (Å²) in [5.74, 6) is -0.113. The minimum absolute atomic E-state index is 0. The summed E-state index contributed by atoms with van der Waals surface area (Å²) >= 11 is -0.956. The quantitative estimate of drug-likeness (QED) is 0.502. The van der Waals surface area contributed by atoms with E-state index in [0.29, 0.717) is 3.63 Å². The zero-order chi connectivity index (χ0) is 17.5. The molecule has 0 aliphatic heterocycles. The molecule has 0 saturated heterocycles. The molecule has 3 aromatic carbocycles. The molecule has 2 aliphatic rings. The van der Waals surface area contributed by atoms with E-state index in [9.17, 15) is 4.39 Å². The summed E-state index contributed by atoms with van der Waals surface area (Å²) in [6, 6.07) is 24.8. The fourth-order valence-corrected chi connectivity index (χ4v) is 8.42. The van der Waals surface area contributed by atoms with Gasteiger partial charge in [0.2, 0.25) is 0 Å². The van der Waals surface area contributed by atoms with E-state index in [1.54, 1.807) is 12.1 Å². The van der Waals surface area contributed by atoms with E-state index in [0.717, 1.165) is 17.6 Å². The van der Waals surface area contributed by atoms with Gasteiger partial charge in [-0.15, -0.1) is 0 Å². The summed E-state index contributed by atoms with van der Waals surface area (Å²) in [6.45, 7) is 0. The van der Waals surface area contributed by atoms with Crippen LogP contribution < -0.4 is 24.8 Å². The molecular formula is C24H17Cl2FZr. The Morgan fingerprint density at radius 3 is 1.86 bits per heavy atom. The molecule has 0 N–H and O–H groups in total. The predicted molar refractivity (Wildman–Crippen MR) is 101 cm³/mol. The van der Waals surface area contributed by atoms with Crippen molar-refractivity contribution in [3.05, 3.63) is 111 Å². The molecule has 0 atom stereocenters. The van der Waals surface area contributed by atoms with Gasteiger partial charge < -0.3 is 24.8 Å².